The number of likely N-dealkylation sites (N-methyl/N-ethyl adjacent to an activating group) is 1. The Morgan fingerprint density at radius 1 is 1.25 bits per heavy atom. The number of piperazine rings is 1. The zero-order valence-electron chi connectivity index (χ0n) is 17.2. The molecule has 1 atom stereocenters. The maximum atomic E-state index is 12.8. The Morgan fingerprint density at radius 2 is 2.04 bits per heavy atom. The molecule has 2 heterocycles. The number of aromatic amines is 1. The van der Waals surface area contributed by atoms with Gasteiger partial charge in [-0.15, -0.1) is 0 Å². The number of hydrogen-bond acceptors (Lipinski definition) is 3. The summed E-state index contributed by atoms with van der Waals surface area (Å²) in [5.74, 6) is 0. The largest absolute Gasteiger partial charge is 0.361 e. The second-order valence-corrected chi connectivity index (χ2v) is 8.47. The Hall–Kier alpha value is -2.05. The lowest BCUT2D eigenvalue weighted by Gasteiger charge is -2.36. The van der Waals surface area contributed by atoms with E-state index in [2.05, 4.69) is 58.3 Å². The van der Waals surface area contributed by atoms with Crippen molar-refractivity contribution in [1.29, 1.82) is 0 Å². The molecule has 4 rings (SSSR count). The topological polar surface area (TPSA) is 54.6 Å². The third-order valence-corrected chi connectivity index (χ3v) is 6.22. The van der Waals surface area contributed by atoms with Crippen LogP contribution < -0.4 is 5.32 Å². The number of rotatable bonds is 7. The van der Waals surface area contributed by atoms with Crippen molar-refractivity contribution in [2.45, 2.75) is 44.8 Å². The molecule has 2 N–H and O–H groups in total. The number of urea groups is 1. The minimum absolute atomic E-state index is 0.0854. The van der Waals surface area contributed by atoms with Gasteiger partial charge in [0.1, 0.15) is 0 Å². The van der Waals surface area contributed by atoms with Gasteiger partial charge >= 0.3 is 6.03 Å². The monoisotopic (exact) mass is 383 g/mol. The van der Waals surface area contributed by atoms with E-state index >= 15 is 0 Å². The highest BCUT2D eigenvalue weighted by atomic mass is 16.2. The lowest BCUT2D eigenvalue weighted by molar-refractivity contribution is 0.114. The van der Waals surface area contributed by atoms with Gasteiger partial charge in [0, 0.05) is 63.1 Å². The molecular formula is C22H33N5O. The minimum Gasteiger partial charge on any atom is -0.361 e. The van der Waals surface area contributed by atoms with Crippen LogP contribution in [0.25, 0.3) is 10.9 Å². The van der Waals surface area contributed by atoms with Gasteiger partial charge in [-0.05, 0) is 62.4 Å². The number of nitrogens with zero attached hydrogens (tertiary/aromatic N) is 3. The van der Waals surface area contributed by atoms with Crippen LogP contribution in [0.1, 0.15) is 31.7 Å². The summed E-state index contributed by atoms with van der Waals surface area (Å²) >= 11 is 0. The average Bonchev–Trinajstić information content (AvgIpc) is 3.43. The average molecular weight is 384 g/mol. The standard InChI is InChI=1S/C22H33N5O/c1-17(26-13-11-25(2)12-14-26)7-9-24-22(28)27(20-4-5-20)16-18-3-6-21-19(15-18)8-10-23-21/h3,6,8,10,15,17,20,23H,4-5,7,9,11-14,16H2,1-2H3,(H,24,28). The van der Waals surface area contributed by atoms with Gasteiger partial charge in [-0.25, -0.2) is 4.79 Å². The van der Waals surface area contributed by atoms with E-state index in [1.807, 2.05) is 11.1 Å². The van der Waals surface area contributed by atoms with E-state index in [4.69, 9.17) is 0 Å². The Balaban J connectivity index is 1.28. The molecule has 0 bridgehead atoms. The molecule has 0 spiro atoms. The van der Waals surface area contributed by atoms with Gasteiger partial charge in [0.15, 0.2) is 0 Å². The highest BCUT2D eigenvalue weighted by Gasteiger charge is 2.32. The molecule has 28 heavy (non-hydrogen) atoms. The molecule has 2 aromatic rings. The third-order valence-electron chi connectivity index (χ3n) is 6.22. The molecule has 6 heteroatoms. The first-order chi connectivity index (χ1) is 13.6. The zero-order chi connectivity index (χ0) is 19.5. The molecule has 1 saturated carbocycles. The van der Waals surface area contributed by atoms with E-state index in [0.29, 0.717) is 18.6 Å². The number of carbonyl (C=O) groups excluding carboxylic acids is 1. The fourth-order valence-corrected chi connectivity index (χ4v) is 4.09. The first-order valence-corrected chi connectivity index (χ1v) is 10.6. The molecule has 2 fully saturated rings. The number of H-pyrrole nitrogens is 1. The molecule has 152 valence electrons. The predicted molar refractivity (Wildman–Crippen MR) is 113 cm³/mol. The fraction of sp³-hybridized carbons (Fsp3) is 0.591. The van der Waals surface area contributed by atoms with Crippen molar-refractivity contribution in [3.8, 4) is 0 Å². The minimum atomic E-state index is 0.0854. The van der Waals surface area contributed by atoms with Crippen LogP contribution in [0.15, 0.2) is 30.5 Å². The number of carbonyl (C=O) groups is 1. The van der Waals surface area contributed by atoms with Crippen LogP contribution >= 0.6 is 0 Å². The first-order valence-electron chi connectivity index (χ1n) is 10.6. The molecule has 1 aliphatic heterocycles. The maximum Gasteiger partial charge on any atom is 0.317 e. The van der Waals surface area contributed by atoms with E-state index in [0.717, 1.165) is 57.5 Å². The normalized spacial score (nSPS) is 19.6. The highest BCUT2D eigenvalue weighted by molar-refractivity contribution is 5.80. The summed E-state index contributed by atoms with van der Waals surface area (Å²) in [7, 11) is 2.18. The summed E-state index contributed by atoms with van der Waals surface area (Å²) in [5, 5.41) is 4.38. The van der Waals surface area contributed by atoms with Gasteiger partial charge in [0.25, 0.3) is 0 Å². The number of hydrogen-bond donors (Lipinski definition) is 2. The van der Waals surface area contributed by atoms with E-state index in [1.54, 1.807) is 0 Å². The van der Waals surface area contributed by atoms with Crippen molar-refractivity contribution in [2.24, 2.45) is 0 Å². The quantitative estimate of drug-likeness (QED) is 0.773. The van der Waals surface area contributed by atoms with E-state index < -0.39 is 0 Å². The van der Waals surface area contributed by atoms with Crippen molar-refractivity contribution >= 4 is 16.9 Å². The highest BCUT2D eigenvalue weighted by Crippen LogP contribution is 2.29. The summed E-state index contributed by atoms with van der Waals surface area (Å²) in [5.41, 5.74) is 2.34. The fourth-order valence-electron chi connectivity index (χ4n) is 4.09. The van der Waals surface area contributed by atoms with Gasteiger partial charge in [-0.1, -0.05) is 6.07 Å². The molecule has 1 aromatic heterocycles. The Kier molecular flexibility index (Phi) is 5.87. The molecule has 2 amide bonds. The number of nitrogens with one attached hydrogen (secondary N) is 2. The van der Waals surface area contributed by atoms with Crippen LogP contribution in [-0.4, -0.2) is 77.6 Å². The molecule has 1 aromatic carbocycles. The van der Waals surface area contributed by atoms with Gasteiger partial charge in [0.2, 0.25) is 0 Å². The summed E-state index contributed by atoms with van der Waals surface area (Å²) in [6.07, 6.45) is 5.21. The predicted octanol–water partition coefficient (Wildman–Crippen LogP) is 2.87. The molecular weight excluding hydrogens is 350 g/mol. The van der Waals surface area contributed by atoms with Crippen LogP contribution in [0, 0.1) is 0 Å². The smallest absolute Gasteiger partial charge is 0.317 e. The van der Waals surface area contributed by atoms with Gasteiger partial charge < -0.3 is 20.1 Å². The van der Waals surface area contributed by atoms with Crippen molar-refractivity contribution in [3.05, 3.63) is 36.0 Å². The van der Waals surface area contributed by atoms with Crippen molar-refractivity contribution in [2.75, 3.05) is 39.8 Å². The molecule has 1 unspecified atom stereocenters. The van der Waals surface area contributed by atoms with Gasteiger partial charge in [-0.3, -0.25) is 4.90 Å². The summed E-state index contributed by atoms with van der Waals surface area (Å²) in [6, 6.07) is 9.49. The third kappa shape index (κ3) is 4.67. The second-order valence-electron chi connectivity index (χ2n) is 8.47. The lowest BCUT2D eigenvalue weighted by Crippen LogP contribution is -2.49. The van der Waals surface area contributed by atoms with Crippen LogP contribution in [0.5, 0.6) is 0 Å². The maximum absolute atomic E-state index is 12.8. The molecule has 0 radical (unpaired) electrons. The molecule has 6 nitrogen and oxygen atoms in total. The van der Waals surface area contributed by atoms with E-state index in [9.17, 15) is 4.79 Å². The van der Waals surface area contributed by atoms with Crippen molar-refractivity contribution in [1.82, 2.24) is 25.0 Å². The van der Waals surface area contributed by atoms with Crippen molar-refractivity contribution in [3.63, 3.8) is 0 Å². The molecule has 1 aliphatic carbocycles. The van der Waals surface area contributed by atoms with E-state index in [-0.39, 0.29) is 6.03 Å². The molecule has 2 aliphatic rings. The Morgan fingerprint density at radius 3 is 2.79 bits per heavy atom. The summed E-state index contributed by atoms with van der Waals surface area (Å²) in [4.78, 5) is 23.0. The first kappa shape index (κ1) is 19.3. The van der Waals surface area contributed by atoms with E-state index in [1.165, 1.54) is 10.9 Å². The Labute approximate surface area is 167 Å². The second kappa shape index (κ2) is 8.53. The zero-order valence-corrected chi connectivity index (χ0v) is 17.2. The van der Waals surface area contributed by atoms with Gasteiger partial charge in [0.05, 0.1) is 0 Å². The Bertz CT molecular complexity index is 791. The number of amides is 2. The van der Waals surface area contributed by atoms with Crippen LogP contribution in [0.3, 0.4) is 0 Å². The SMILES string of the molecule is CC(CCNC(=O)N(Cc1ccc2[nH]ccc2c1)C1CC1)N1CCN(C)CC1. The molecule has 1 saturated heterocycles. The lowest BCUT2D eigenvalue weighted by atomic mass is 10.1. The van der Waals surface area contributed by atoms with Crippen LogP contribution in [0.4, 0.5) is 4.79 Å². The van der Waals surface area contributed by atoms with Crippen molar-refractivity contribution < 1.29 is 4.79 Å². The van der Waals surface area contributed by atoms with Crippen LogP contribution in [0.2, 0.25) is 0 Å². The number of fused-ring (bicyclic) bond motifs is 1. The summed E-state index contributed by atoms with van der Waals surface area (Å²) in [6.45, 7) is 8.23. The number of benzene rings is 1. The number of aromatic nitrogens is 1. The van der Waals surface area contributed by atoms with Gasteiger partial charge in [-0.2, -0.15) is 0 Å². The van der Waals surface area contributed by atoms with Crippen LogP contribution in [-0.2, 0) is 6.54 Å². The summed E-state index contributed by atoms with van der Waals surface area (Å²) < 4.78 is 0.